The van der Waals surface area contributed by atoms with E-state index in [-0.39, 0.29) is 6.04 Å². The van der Waals surface area contributed by atoms with Crippen LogP contribution < -0.4 is 5.32 Å². The van der Waals surface area contributed by atoms with E-state index >= 15 is 0 Å². The minimum absolute atomic E-state index is 0.274. The Morgan fingerprint density at radius 2 is 1.94 bits per heavy atom. The number of hydrogen-bond acceptors (Lipinski definition) is 3. The fourth-order valence-corrected chi connectivity index (χ4v) is 3.94. The Balaban J connectivity index is 1.94. The van der Waals surface area contributed by atoms with Crippen LogP contribution in [0.4, 0.5) is 0 Å². The van der Waals surface area contributed by atoms with E-state index in [0.29, 0.717) is 17.5 Å². The molecule has 0 amide bonds. The van der Waals surface area contributed by atoms with Crippen molar-refractivity contribution in [3.8, 4) is 0 Å². The fraction of sp³-hybridized carbons (Fsp3) is 0.571. The molecule has 1 heterocycles. The molecule has 4 heteroatoms. The van der Waals surface area contributed by atoms with Gasteiger partial charge in [0.1, 0.15) is 9.84 Å². The number of hydrogen-bond donors (Lipinski definition) is 1. The molecule has 3 nitrogen and oxygen atoms in total. The molecule has 0 saturated carbocycles. The monoisotopic (exact) mass is 267 g/mol. The predicted molar refractivity (Wildman–Crippen MR) is 74.4 cm³/mol. The molecular weight excluding hydrogens is 246 g/mol. The number of aryl methyl sites for hydroxylation is 1. The largest absolute Gasteiger partial charge is 0.307 e. The highest BCUT2D eigenvalue weighted by molar-refractivity contribution is 7.91. The zero-order chi connectivity index (χ0) is 13.2. The predicted octanol–water partition coefficient (Wildman–Crippen LogP) is 2.22. The summed E-state index contributed by atoms with van der Waals surface area (Å²) in [5.41, 5.74) is 2.52. The lowest BCUT2D eigenvalue weighted by Crippen LogP contribution is -2.38. The second-order valence-corrected chi connectivity index (χ2v) is 7.53. The number of sulfone groups is 1. The molecule has 0 bridgehead atoms. The van der Waals surface area contributed by atoms with Crippen molar-refractivity contribution in [2.24, 2.45) is 0 Å². The van der Waals surface area contributed by atoms with E-state index in [1.165, 1.54) is 11.1 Å². The van der Waals surface area contributed by atoms with Gasteiger partial charge in [0.25, 0.3) is 0 Å². The van der Waals surface area contributed by atoms with Crippen molar-refractivity contribution in [3.05, 3.63) is 35.4 Å². The van der Waals surface area contributed by atoms with Crippen molar-refractivity contribution in [1.82, 2.24) is 5.32 Å². The lowest BCUT2D eigenvalue weighted by atomic mass is 10.0. The quantitative estimate of drug-likeness (QED) is 0.913. The van der Waals surface area contributed by atoms with Gasteiger partial charge in [-0.3, -0.25) is 0 Å². The Bertz CT molecular complexity index is 496. The third-order valence-corrected chi connectivity index (χ3v) is 5.30. The second-order valence-electron chi connectivity index (χ2n) is 5.23. The molecule has 2 rings (SSSR count). The molecule has 1 aliphatic heterocycles. The number of nitrogens with one attached hydrogen (secondary N) is 1. The van der Waals surface area contributed by atoms with Crippen LogP contribution in [0.1, 0.15) is 36.9 Å². The zero-order valence-electron chi connectivity index (χ0n) is 11.0. The van der Waals surface area contributed by atoms with Crippen molar-refractivity contribution in [1.29, 1.82) is 0 Å². The van der Waals surface area contributed by atoms with Crippen LogP contribution in [-0.2, 0) is 9.84 Å². The van der Waals surface area contributed by atoms with Gasteiger partial charge >= 0.3 is 0 Å². The average molecular weight is 267 g/mol. The van der Waals surface area contributed by atoms with Gasteiger partial charge in [0, 0.05) is 12.1 Å². The Kier molecular flexibility index (Phi) is 4.07. The molecule has 1 aromatic carbocycles. The van der Waals surface area contributed by atoms with Gasteiger partial charge in [-0.1, -0.05) is 29.8 Å². The van der Waals surface area contributed by atoms with Crippen LogP contribution in [0.3, 0.4) is 0 Å². The molecule has 0 aromatic heterocycles. The van der Waals surface area contributed by atoms with Crippen LogP contribution in [0.25, 0.3) is 0 Å². The van der Waals surface area contributed by atoms with Gasteiger partial charge in [-0.25, -0.2) is 8.42 Å². The molecule has 100 valence electrons. The summed E-state index contributed by atoms with van der Waals surface area (Å²) in [4.78, 5) is 0. The molecule has 0 aliphatic carbocycles. The van der Waals surface area contributed by atoms with Crippen LogP contribution in [0.15, 0.2) is 24.3 Å². The van der Waals surface area contributed by atoms with Gasteiger partial charge < -0.3 is 5.32 Å². The van der Waals surface area contributed by atoms with Crippen LogP contribution in [0.2, 0.25) is 0 Å². The second kappa shape index (κ2) is 5.41. The fourth-order valence-electron chi connectivity index (χ4n) is 2.45. The molecule has 0 radical (unpaired) electrons. The summed E-state index contributed by atoms with van der Waals surface area (Å²) in [5.74, 6) is 0.649. The number of rotatable bonds is 3. The normalized spacial score (nSPS) is 21.7. The average Bonchev–Trinajstić information content (AvgIpc) is 2.32. The Morgan fingerprint density at radius 3 is 2.56 bits per heavy atom. The summed E-state index contributed by atoms with van der Waals surface area (Å²) in [7, 11) is -2.76. The summed E-state index contributed by atoms with van der Waals surface area (Å²) in [5, 5.41) is 3.54. The maximum absolute atomic E-state index is 11.4. The molecule has 1 atom stereocenters. The third-order valence-electron chi connectivity index (χ3n) is 3.58. The summed E-state index contributed by atoms with van der Waals surface area (Å²) in [6, 6.07) is 9.04. The van der Waals surface area contributed by atoms with Crippen LogP contribution >= 0.6 is 0 Å². The van der Waals surface area contributed by atoms with Gasteiger partial charge in [-0.2, -0.15) is 0 Å². The molecule has 1 N–H and O–H groups in total. The van der Waals surface area contributed by atoms with Crippen LogP contribution in [0, 0.1) is 6.92 Å². The van der Waals surface area contributed by atoms with Gasteiger partial charge in [-0.05, 0) is 32.3 Å². The molecule has 1 saturated heterocycles. The topological polar surface area (TPSA) is 46.2 Å². The molecule has 0 unspecified atom stereocenters. The highest BCUT2D eigenvalue weighted by Gasteiger charge is 2.24. The van der Waals surface area contributed by atoms with Crippen molar-refractivity contribution in [3.63, 3.8) is 0 Å². The SMILES string of the molecule is Cc1cccc([C@H](C)NC2CCS(=O)(=O)CC2)c1. The first-order chi connectivity index (χ1) is 8.46. The van der Waals surface area contributed by atoms with Crippen molar-refractivity contribution < 1.29 is 8.42 Å². The Labute approximate surface area is 110 Å². The summed E-state index contributed by atoms with van der Waals surface area (Å²) < 4.78 is 22.7. The smallest absolute Gasteiger partial charge is 0.150 e. The first-order valence-electron chi connectivity index (χ1n) is 6.49. The molecule has 1 aliphatic rings. The Morgan fingerprint density at radius 1 is 1.28 bits per heavy atom. The first-order valence-corrected chi connectivity index (χ1v) is 8.31. The van der Waals surface area contributed by atoms with E-state index in [9.17, 15) is 8.42 Å². The molecular formula is C14H21NO2S. The van der Waals surface area contributed by atoms with Crippen molar-refractivity contribution >= 4 is 9.84 Å². The Hall–Kier alpha value is -0.870. The van der Waals surface area contributed by atoms with E-state index in [1.807, 2.05) is 0 Å². The minimum atomic E-state index is -2.76. The zero-order valence-corrected chi connectivity index (χ0v) is 11.8. The van der Waals surface area contributed by atoms with E-state index in [2.05, 4.69) is 43.4 Å². The minimum Gasteiger partial charge on any atom is -0.307 e. The lowest BCUT2D eigenvalue weighted by Gasteiger charge is -2.27. The molecule has 1 fully saturated rings. The molecule has 18 heavy (non-hydrogen) atoms. The van der Waals surface area contributed by atoms with Gasteiger partial charge in [0.15, 0.2) is 0 Å². The van der Waals surface area contributed by atoms with E-state index in [0.717, 1.165) is 12.8 Å². The first kappa shape index (κ1) is 13.6. The standard InChI is InChI=1S/C14H21NO2S/c1-11-4-3-5-13(10-11)12(2)15-14-6-8-18(16,17)9-7-14/h3-5,10,12,14-15H,6-9H2,1-2H3/t12-/m0/s1. The molecule has 1 aromatic rings. The van der Waals surface area contributed by atoms with Crippen molar-refractivity contribution in [2.75, 3.05) is 11.5 Å². The van der Waals surface area contributed by atoms with Crippen molar-refractivity contribution in [2.45, 2.75) is 38.8 Å². The van der Waals surface area contributed by atoms with Gasteiger partial charge in [-0.15, -0.1) is 0 Å². The van der Waals surface area contributed by atoms with E-state index in [4.69, 9.17) is 0 Å². The van der Waals surface area contributed by atoms with Gasteiger partial charge in [0.05, 0.1) is 11.5 Å². The number of benzene rings is 1. The maximum Gasteiger partial charge on any atom is 0.150 e. The van der Waals surface area contributed by atoms with Crippen LogP contribution in [0.5, 0.6) is 0 Å². The third kappa shape index (κ3) is 3.56. The maximum atomic E-state index is 11.4. The van der Waals surface area contributed by atoms with E-state index < -0.39 is 9.84 Å². The highest BCUT2D eigenvalue weighted by Crippen LogP contribution is 2.19. The summed E-state index contributed by atoms with van der Waals surface area (Å²) in [6.45, 7) is 4.22. The van der Waals surface area contributed by atoms with Gasteiger partial charge in [0.2, 0.25) is 0 Å². The highest BCUT2D eigenvalue weighted by atomic mass is 32.2. The van der Waals surface area contributed by atoms with E-state index in [1.54, 1.807) is 0 Å². The summed E-state index contributed by atoms with van der Waals surface area (Å²) in [6.07, 6.45) is 1.47. The molecule has 0 spiro atoms. The summed E-state index contributed by atoms with van der Waals surface area (Å²) >= 11 is 0. The lowest BCUT2D eigenvalue weighted by molar-refractivity contribution is 0.420. The van der Waals surface area contributed by atoms with Crippen LogP contribution in [-0.4, -0.2) is 26.0 Å².